The lowest BCUT2D eigenvalue weighted by Crippen LogP contribution is -2.41. The number of hydrogen-bond donors (Lipinski definition) is 1. The van der Waals surface area contributed by atoms with Gasteiger partial charge in [0.15, 0.2) is 0 Å². The summed E-state index contributed by atoms with van der Waals surface area (Å²) in [7, 11) is 0. The van der Waals surface area contributed by atoms with E-state index in [1.54, 1.807) is 0 Å². The van der Waals surface area contributed by atoms with Crippen molar-refractivity contribution in [1.29, 1.82) is 0 Å². The molecule has 146 valence electrons. The maximum absolute atomic E-state index is 12.2. The smallest absolute Gasteiger partial charge is 0.243 e. The highest BCUT2D eigenvalue weighted by atomic mass is 16.2. The number of benzene rings is 1. The molecule has 0 unspecified atom stereocenters. The first-order valence-corrected chi connectivity index (χ1v) is 10.1. The number of aryl methyl sites for hydroxylation is 1. The number of carbonyl (C=O) groups excluding carboxylic acids is 2. The van der Waals surface area contributed by atoms with Gasteiger partial charge in [-0.2, -0.15) is 5.10 Å². The summed E-state index contributed by atoms with van der Waals surface area (Å²) in [6, 6.07) is 8.10. The van der Waals surface area contributed by atoms with Crippen LogP contribution in [0, 0.1) is 6.92 Å². The van der Waals surface area contributed by atoms with E-state index in [4.69, 9.17) is 0 Å². The van der Waals surface area contributed by atoms with Gasteiger partial charge in [-0.15, -0.1) is 0 Å². The maximum atomic E-state index is 12.2. The van der Waals surface area contributed by atoms with Gasteiger partial charge >= 0.3 is 0 Å². The molecule has 6 nitrogen and oxygen atoms in total. The average Bonchev–Trinajstić information content (AvgIpc) is 2.68. The summed E-state index contributed by atoms with van der Waals surface area (Å²) in [5.74, 6) is -0.231. The van der Waals surface area contributed by atoms with Crippen molar-refractivity contribution in [2.75, 3.05) is 32.7 Å². The predicted molar refractivity (Wildman–Crippen MR) is 107 cm³/mol. The Labute approximate surface area is 161 Å². The quantitative estimate of drug-likeness (QED) is 0.749. The van der Waals surface area contributed by atoms with Crippen molar-refractivity contribution in [1.82, 2.24) is 15.2 Å². The number of hydrogen-bond acceptors (Lipinski definition) is 4. The minimum Gasteiger partial charge on any atom is -0.354 e. The summed E-state index contributed by atoms with van der Waals surface area (Å²) in [5.41, 5.74) is 3.07. The molecule has 1 N–H and O–H groups in total. The molecule has 0 atom stereocenters. The number of likely N-dealkylation sites (tertiary alicyclic amines) is 1. The molecule has 1 aromatic rings. The second kappa shape index (κ2) is 9.65. The van der Waals surface area contributed by atoms with E-state index in [9.17, 15) is 9.59 Å². The van der Waals surface area contributed by atoms with Crippen molar-refractivity contribution in [3.8, 4) is 0 Å². The minimum absolute atomic E-state index is 0.00207. The summed E-state index contributed by atoms with van der Waals surface area (Å²) in [6.45, 7) is 6.06. The molecular weight excluding hydrogens is 340 g/mol. The summed E-state index contributed by atoms with van der Waals surface area (Å²) in [6.07, 6.45) is 5.86. The van der Waals surface area contributed by atoms with E-state index in [0.29, 0.717) is 19.4 Å². The highest BCUT2D eigenvalue weighted by Gasteiger charge is 2.23. The first-order chi connectivity index (χ1) is 13.1. The van der Waals surface area contributed by atoms with Crippen LogP contribution in [0.3, 0.4) is 0 Å². The Morgan fingerprint density at radius 2 is 1.85 bits per heavy atom. The first kappa shape index (κ1) is 19.5. The summed E-state index contributed by atoms with van der Waals surface area (Å²) in [4.78, 5) is 26.8. The Balaban J connectivity index is 1.46. The molecule has 2 aliphatic heterocycles. The second-order valence-corrected chi connectivity index (χ2v) is 7.47. The van der Waals surface area contributed by atoms with Crippen LogP contribution >= 0.6 is 0 Å². The minimum atomic E-state index is -0.143. The number of nitrogens with one attached hydrogen (secondary N) is 1. The molecule has 0 aliphatic carbocycles. The summed E-state index contributed by atoms with van der Waals surface area (Å²) >= 11 is 0. The van der Waals surface area contributed by atoms with Gasteiger partial charge in [0.25, 0.3) is 0 Å². The van der Waals surface area contributed by atoms with Gasteiger partial charge in [-0.25, -0.2) is 5.01 Å². The second-order valence-electron chi connectivity index (χ2n) is 7.47. The predicted octanol–water partition coefficient (Wildman–Crippen LogP) is 2.31. The Morgan fingerprint density at radius 1 is 1.11 bits per heavy atom. The monoisotopic (exact) mass is 370 g/mol. The number of amides is 2. The van der Waals surface area contributed by atoms with Gasteiger partial charge in [-0.3, -0.25) is 9.59 Å². The number of piperidine rings is 1. The molecule has 2 heterocycles. The van der Waals surface area contributed by atoms with Gasteiger partial charge in [0.2, 0.25) is 11.8 Å². The van der Waals surface area contributed by atoms with Crippen LogP contribution in [0.2, 0.25) is 0 Å². The highest BCUT2D eigenvalue weighted by Crippen LogP contribution is 2.15. The Kier molecular flexibility index (Phi) is 6.98. The zero-order valence-electron chi connectivity index (χ0n) is 16.2. The van der Waals surface area contributed by atoms with Crippen LogP contribution in [-0.2, 0) is 9.59 Å². The zero-order chi connectivity index (χ0) is 19.1. The Bertz CT molecular complexity index is 678. The highest BCUT2D eigenvalue weighted by molar-refractivity contribution is 6.04. The molecule has 3 rings (SSSR count). The van der Waals surface area contributed by atoms with Crippen LogP contribution in [0.25, 0.3) is 0 Å². The third kappa shape index (κ3) is 5.89. The number of rotatable bonds is 7. The third-order valence-corrected chi connectivity index (χ3v) is 5.21. The van der Waals surface area contributed by atoms with Gasteiger partial charge in [-0.05, 0) is 51.4 Å². The standard InChI is InChI=1S/C21H30N4O2/c1-17-6-8-18(9-7-17)19-10-11-21(27)25(23-19)16-20(26)22-12-5-15-24-13-3-2-4-14-24/h6-9H,2-5,10-16H2,1H3,(H,22,26). The molecule has 1 fully saturated rings. The fourth-order valence-corrected chi connectivity index (χ4v) is 3.58. The third-order valence-electron chi connectivity index (χ3n) is 5.21. The molecule has 27 heavy (non-hydrogen) atoms. The normalized spacial score (nSPS) is 18.3. The molecule has 1 aromatic carbocycles. The largest absolute Gasteiger partial charge is 0.354 e. The zero-order valence-corrected chi connectivity index (χ0v) is 16.2. The van der Waals surface area contributed by atoms with Gasteiger partial charge in [0.05, 0.1) is 5.71 Å². The van der Waals surface area contributed by atoms with Crippen molar-refractivity contribution in [3.05, 3.63) is 35.4 Å². The maximum Gasteiger partial charge on any atom is 0.243 e. The van der Waals surface area contributed by atoms with Crippen molar-refractivity contribution in [2.24, 2.45) is 5.10 Å². The van der Waals surface area contributed by atoms with E-state index in [1.807, 2.05) is 31.2 Å². The number of nitrogens with zero attached hydrogens (tertiary/aromatic N) is 3. The van der Waals surface area contributed by atoms with E-state index in [2.05, 4.69) is 15.3 Å². The molecule has 0 saturated carbocycles. The SMILES string of the molecule is Cc1ccc(C2=NN(CC(=O)NCCCN3CCCCC3)C(=O)CC2)cc1. The Morgan fingerprint density at radius 3 is 2.59 bits per heavy atom. The van der Waals surface area contributed by atoms with Crippen LogP contribution in [0.5, 0.6) is 0 Å². The fourth-order valence-electron chi connectivity index (χ4n) is 3.58. The topological polar surface area (TPSA) is 65.0 Å². The van der Waals surface area contributed by atoms with Crippen LogP contribution in [0.4, 0.5) is 0 Å². The molecule has 6 heteroatoms. The molecule has 0 radical (unpaired) electrons. The van der Waals surface area contributed by atoms with Crippen LogP contribution < -0.4 is 5.32 Å². The van der Waals surface area contributed by atoms with Crippen LogP contribution in [0.15, 0.2) is 29.4 Å². The van der Waals surface area contributed by atoms with Gasteiger partial charge in [0.1, 0.15) is 6.54 Å². The van der Waals surface area contributed by atoms with Crippen molar-refractivity contribution >= 4 is 17.5 Å². The van der Waals surface area contributed by atoms with E-state index in [-0.39, 0.29) is 18.4 Å². The van der Waals surface area contributed by atoms with Gasteiger partial charge < -0.3 is 10.2 Å². The van der Waals surface area contributed by atoms with Crippen molar-refractivity contribution < 1.29 is 9.59 Å². The van der Waals surface area contributed by atoms with E-state index >= 15 is 0 Å². The first-order valence-electron chi connectivity index (χ1n) is 10.1. The summed E-state index contributed by atoms with van der Waals surface area (Å²) < 4.78 is 0. The molecule has 1 saturated heterocycles. The van der Waals surface area contributed by atoms with Gasteiger partial charge in [-0.1, -0.05) is 36.2 Å². The number of hydrazone groups is 1. The number of carbonyl (C=O) groups is 2. The average molecular weight is 370 g/mol. The molecule has 0 spiro atoms. The molecule has 0 aromatic heterocycles. The van der Waals surface area contributed by atoms with Crippen LogP contribution in [0.1, 0.15) is 49.7 Å². The van der Waals surface area contributed by atoms with E-state index < -0.39 is 0 Å². The van der Waals surface area contributed by atoms with Crippen LogP contribution in [-0.4, -0.2) is 60.2 Å². The lowest BCUT2D eigenvalue weighted by atomic mass is 10.0. The molecular formula is C21H30N4O2. The Hall–Kier alpha value is -2.21. The van der Waals surface area contributed by atoms with E-state index in [0.717, 1.165) is 24.2 Å². The van der Waals surface area contributed by atoms with Gasteiger partial charge in [0, 0.05) is 19.4 Å². The summed E-state index contributed by atoms with van der Waals surface area (Å²) in [5, 5.41) is 8.68. The van der Waals surface area contributed by atoms with E-state index in [1.165, 1.54) is 42.9 Å². The molecule has 2 amide bonds. The fraction of sp³-hybridized carbons (Fsp3) is 0.571. The molecule has 0 bridgehead atoms. The van der Waals surface area contributed by atoms with Crippen molar-refractivity contribution in [2.45, 2.75) is 45.4 Å². The lowest BCUT2D eigenvalue weighted by molar-refractivity contribution is -0.136. The lowest BCUT2D eigenvalue weighted by Gasteiger charge is -2.26. The van der Waals surface area contributed by atoms with Crippen molar-refractivity contribution in [3.63, 3.8) is 0 Å². The molecule has 2 aliphatic rings.